The van der Waals surface area contributed by atoms with Gasteiger partial charge in [0.25, 0.3) is 5.91 Å². The van der Waals surface area contributed by atoms with E-state index in [-0.39, 0.29) is 12.1 Å². The third kappa shape index (κ3) is 3.68. The van der Waals surface area contributed by atoms with Gasteiger partial charge >= 0.3 is 5.97 Å². The second-order valence-corrected chi connectivity index (χ2v) is 3.97. The third-order valence-corrected chi connectivity index (χ3v) is 2.28. The van der Waals surface area contributed by atoms with Gasteiger partial charge in [-0.3, -0.25) is 9.59 Å². The minimum Gasteiger partial charge on any atom is -0.480 e. The van der Waals surface area contributed by atoms with E-state index in [1.807, 2.05) is 0 Å². The lowest BCUT2D eigenvalue weighted by atomic mass is 10.1. The summed E-state index contributed by atoms with van der Waals surface area (Å²) in [6.07, 6.45) is 5.09. The van der Waals surface area contributed by atoms with E-state index in [0.29, 0.717) is 10.7 Å². The molecule has 0 aliphatic rings. The van der Waals surface area contributed by atoms with Crippen molar-refractivity contribution < 1.29 is 14.7 Å². The van der Waals surface area contributed by atoms with Crippen molar-refractivity contribution in [3.8, 4) is 12.3 Å². The first-order valence-electron chi connectivity index (χ1n) is 4.94. The Hall–Kier alpha value is -2.19. The van der Waals surface area contributed by atoms with Crippen molar-refractivity contribution >= 4 is 29.2 Å². The molecule has 3 N–H and O–H groups in total. The summed E-state index contributed by atoms with van der Waals surface area (Å²) in [5.74, 6) is 0.562. The van der Waals surface area contributed by atoms with Gasteiger partial charge in [-0.1, -0.05) is 17.5 Å². The van der Waals surface area contributed by atoms with E-state index in [0.717, 1.165) is 4.90 Å². The van der Waals surface area contributed by atoms with Crippen LogP contribution in [-0.2, 0) is 4.79 Å². The summed E-state index contributed by atoms with van der Waals surface area (Å²) >= 11 is 5.77. The number of hydrogen-bond acceptors (Lipinski definition) is 3. The first-order chi connectivity index (χ1) is 8.43. The quantitative estimate of drug-likeness (QED) is 0.631. The summed E-state index contributed by atoms with van der Waals surface area (Å²) in [7, 11) is 0. The molecule has 0 aliphatic carbocycles. The maximum absolute atomic E-state index is 12.0. The van der Waals surface area contributed by atoms with Crippen LogP contribution in [-0.4, -0.2) is 35.0 Å². The van der Waals surface area contributed by atoms with E-state index in [2.05, 4.69) is 5.92 Å². The molecule has 0 saturated heterocycles. The number of anilines is 1. The Labute approximate surface area is 109 Å². The lowest BCUT2D eigenvalue weighted by Crippen LogP contribution is -2.36. The Morgan fingerprint density at radius 3 is 2.61 bits per heavy atom. The first kappa shape index (κ1) is 13.9. The molecule has 18 heavy (non-hydrogen) atoms. The molecule has 94 valence electrons. The van der Waals surface area contributed by atoms with E-state index >= 15 is 0 Å². The molecular weight excluding hydrogens is 256 g/mol. The number of benzene rings is 1. The molecule has 0 heterocycles. The number of aliphatic carboxylic acids is 1. The molecule has 0 aromatic heterocycles. The van der Waals surface area contributed by atoms with Crippen LogP contribution in [0.3, 0.4) is 0 Å². The minimum atomic E-state index is -1.14. The van der Waals surface area contributed by atoms with E-state index in [4.69, 9.17) is 28.9 Å². The van der Waals surface area contributed by atoms with Crippen LogP contribution >= 0.6 is 11.6 Å². The van der Waals surface area contributed by atoms with Crippen LogP contribution in [0.4, 0.5) is 5.69 Å². The van der Waals surface area contributed by atoms with Gasteiger partial charge in [-0.05, 0) is 18.2 Å². The Balaban J connectivity index is 3.01. The summed E-state index contributed by atoms with van der Waals surface area (Å²) in [6, 6.07) is 4.31. The smallest absolute Gasteiger partial charge is 0.323 e. The van der Waals surface area contributed by atoms with Gasteiger partial charge in [0, 0.05) is 16.3 Å². The molecule has 0 fully saturated rings. The zero-order chi connectivity index (χ0) is 13.7. The molecule has 5 nitrogen and oxygen atoms in total. The van der Waals surface area contributed by atoms with Crippen LogP contribution in [0.5, 0.6) is 0 Å². The maximum Gasteiger partial charge on any atom is 0.323 e. The van der Waals surface area contributed by atoms with Crippen LogP contribution in [0, 0.1) is 12.3 Å². The lowest BCUT2D eigenvalue weighted by Gasteiger charge is -2.18. The van der Waals surface area contributed by atoms with Gasteiger partial charge in [-0.2, -0.15) is 0 Å². The summed E-state index contributed by atoms with van der Waals surface area (Å²) < 4.78 is 0. The van der Waals surface area contributed by atoms with Crippen molar-refractivity contribution in [2.45, 2.75) is 0 Å². The van der Waals surface area contributed by atoms with Crippen molar-refractivity contribution in [1.29, 1.82) is 0 Å². The van der Waals surface area contributed by atoms with Crippen molar-refractivity contribution in [2.75, 3.05) is 18.8 Å². The largest absolute Gasteiger partial charge is 0.480 e. The van der Waals surface area contributed by atoms with Crippen molar-refractivity contribution in [1.82, 2.24) is 4.90 Å². The fraction of sp³-hybridized carbons (Fsp3) is 0.167. The van der Waals surface area contributed by atoms with Crippen molar-refractivity contribution in [2.24, 2.45) is 0 Å². The zero-order valence-electron chi connectivity index (χ0n) is 9.39. The van der Waals surface area contributed by atoms with Gasteiger partial charge in [0.05, 0.1) is 6.54 Å². The normalized spacial score (nSPS) is 9.56. The highest BCUT2D eigenvalue weighted by atomic mass is 35.5. The molecule has 0 spiro atoms. The fourth-order valence-electron chi connectivity index (χ4n) is 1.39. The maximum atomic E-state index is 12.0. The minimum absolute atomic E-state index is 0.0997. The lowest BCUT2D eigenvalue weighted by molar-refractivity contribution is -0.137. The standard InChI is InChI=1S/C12H11ClN2O3/c1-2-3-15(7-11(16)17)12(18)8-4-9(13)6-10(14)5-8/h1,4-6H,3,7,14H2,(H,16,17). The predicted molar refractivity (Wildman–Crippen MR) is 68.2 cm³/mol. The molecule has 1 aromatic carbocycles. The van der Waals surface area contributed by atoms with Crippen LogP contribution < -0.4 is 5.73 Å². The van der Waals surface area contributed by atoms with Crippen molar-refractivity contribution in [3.63, 3.8) is 0 Å². The van der Waals surface area contributed by atoms with Crippen LogP contribution in [0.25, 0.3) is 0 Å². The van der Waals surface area contributed by atoms with Crippen LogP contribution in [0.15, 0.2) is 18.2 Å². The predicted octanol–water partition coefficient (Wildman–Crippen LogP) is 1.08. The molecule has 0 saturated carbocycles. The van der Waals surface area contributed by atoms with Gasteiger partial charge in [0.15, 0.2) is 0 Å². The molecule has 0 unspecified atom stereocenters. The SMILES string of the molecule is C#CCN(CC(=O)O)C(=O)c1cc(N)cc(Cl)c1. The number of nitrogens with zero attached hydrogens (tertiary/aromatic N) is 1. The van der Waals surface area contributed by atoms with Crippen LogP contribution in [0.2, 0.25) is 5.02 Å². The van der Waals surface area contributed by atoms with E-state index in [1.54, 1.807) is 0 Å². The average Bonchev–Trinajstić information content (AvgIpc) is 2.25. The number of carboxylic acids is 1. The van der Waals surface area contributed by atoms with E-state index in [1.165, 1.54) is 18.2 Å². The highest BCUT2D eigenvalue weighted by Crippen LogP contribution is 2.18. The number of nitrogen functional groups attached to an aromatic ring is 1. The summed E-state index contributed by atoms with van der Waals surface area (Å²) in [5.41, 5.74) is 6.09. The van der Waals surface area contributed by atoms with Gasteiger partial charge in [-0.25, -0.2) is 0 Å². The van der Waals surface area contributed by atoms with Crippen LogP contribution in [0.1, 0.15) is 10.4 Å². The van der Waals surface area contributed by atoms with E-state index in [9.17, 15) is 9.59 Å². The molecule has 0 atom stereocenters. The topological polar surface area (TPSA) is 83.6 Å². The number of carbonyl (C=O) groups excluding carboxylic acids is 1. The molecule has 0 bridgehead atoms. The fourth-order valence-corrected chi connectivity index (χ4v) is 1.63. The molecule has 0 aliphatic heterocycles. The van der Waals surface area contributed by atoms with Gasteiger partial charge in [-0.15, -0.1) is 6.42 Å². The number of carboxylic acid groups (broad SMARTS) is 1. The van der Waals surface area contributed by atoms with Gasteiger partial charge < -0.3 is 15.7 Å². The Kier molecular flexibility index (Phi) is 4.58. The first-order valence-corrected chi connectivity index (χ1v) is 5.32. The zero-order valence-corrected chi connectivity index (χ0v) is 10.1. The third-order valence-electron chi connectivity index (χ3n) is 2.06. The van der Waals surface area contributed by atoms with Gasteiger partial charge in [0.2, 0.25) is 0 Å². The summed E-state index contributed by atoms with van der Waals surface area (Å²) in [4.78, 5) is 23.7. The average molecular weight is 267 g/mol. The van der Waals surface area contributed by atoms with E-state index < -0.39 is 18.4 Å². The number of hydrogen-bond donors (Lipinski definition) is 2. The summed E-state index contributed by atoms with van der Waals surface area (Å²) in [5, 5.41) is 9.00. The summed E-state index contributed by atoms with van der Waals surface area (Å²) in [6.45, 7) is -0.576. The molecule has 1 amide bonds. The van der Waals surface area contributed by atoms with Gasteiger partial charge in [0.1, 0.15) is 6.54 Å². The number of terminal acetylenes is 1. The monoisotopic (exact) mass is 266 g/mol. The second kappa shape index (κ2) is 5.94. The molecule has 1 rings (SSSR count). The Bertz CT molecular complexity index is 502. The van der Waals surface area contributed by atoms with Crippen molar-refractivity contribution in [3.05, 3.63) is 28.8 Å². The number of halogens is 1. The number of nitrogens with two attached hydrogens (primary N) is 1. The molecule has 1 aromatic rings. The highest BCUT2D eigenvalue weighted by Gasteiger charge is 2.18. The number of rotatable bonds is 4. The molecule has 6 heteroatoms. The molecule has 0 radical (unpaired) electrons. The molecular formula is C12H11ClN2O3. The number of carbonyl (C=O) groups is 2. The second-order valence-electron chi connectivity index (χ2n) is 3.53. The Morgan fingerprint density at radius 2 is 2.11 bits per heavy atom. The highest BCUT2D eigenvalue weighted by molar-refractivity contribution is 6.31. The Morgan fingerprint density at radius 1 is 1.44 bits per heavy atom. The number of amides is 1.